The van der Waals surface area contributed by atoms with Gasteiger partial charge in [-0.1, -0.05) is 31.2 Å². The molecule has 0 radical (unpaired) electrons. The second-order valence-corrected chi connectivity index (χ2v) is 6.87. The van der Waals surface area contributed by atoms with Crippen LogP contribution < -0.4 is 4.74 Å². The molecular formula is C22H26N2O. The van der Waals surface area contributed by atoms with Crippen molar-refractivity contribution in [3.8, 4) is 16.9 Å². The third kappa shape index (κ3) is 3.42. The predicted molar refractivity (Wildman–Crippen MR) is 103 cm³/mol. The van der Waals surface area contributed by atoms with E-state index in [1.165, 1.54) is 37.0 Å². The molecule has 130 valence electrons. The van der Waals surface area contributed by atoms with E-state index in [9.17, 15) is 0 Å². The molecule has 0 spiro atoms. The average molecular weight is 334 g/mol. The highest BCUT2D eigenvalue weighted by Crippen LogP contribution is 2.31. The Hall–Kier alpha value is -2.26. The molecule has 2 aliphatic rings. The molecule has 0 atom stereocenters. The van der Waals surface area contributed by atoms with Gasteiger partial charge in [-0.2, -0.15) is 0 Å². The number of aromatic nitrogens is 1. The number of ether oxygens (including phenoxy) is 1. The summed E-state index contributed by atoms with van der Waals surface area (Å²) in [6.45, 7) is 5.66. The zero-order valence-electron chi connectivity index (χ0n) is 14.9. The number of piperidine rings is 1. The maximum absolute atomic E-state index is 5.83. The normalized spacial score (nSPS) is 16.4. The van der Waals surface area contributed by atoms with E-state index >= 15 is 0 Å². The number of para-hydroxylation sites is 1. The second-order valence-electron chi connectivity index (χ2n) is 6.87. The molecular weight excluding hydrogens is 308 g/mol. The summed E-state index contributed by atoms with van der Waals surface area (Å²) in [5.74, 6) is 0.959. The predicted octanol–water partition coefficient (Wildman–Crippen LogP) is 4.86. The standard InChI is InChI=1S/C17H17NO.C5H9N/c1-2-11-19-17-9-4-3-8-16(17)14-12-15-7-5-6-10-18(15)13-14;1-3-6-4-2-5(1)6/h3-10,12-13H,2,11H2,1H3;5H,1-4H2. The topological polar surface area (TPSA) is 16.9 Å². The first-order chi connectivity index (χ1) is 12.3. The molecule has 2 aromatic heterocycles. The molecule has 3 heteroatoms. The Kier molecular flexibility index (Phi) is 4.75. The summed E-state index contributed by atoms with van der Waals surface area (Å²) in [7, 11) is 0. The van der Waals surface area contributed by atoms with Gasteiger partial charge < -0.3 is 14.0 Å². The Labute approximate surface area is 149 Å². The number of hydrogen-bond donors (Lipinski definition) is 0. The van der Waals surface area contributed by atoms with Crippen LogP contribution in [0.15, 0.2) is 60.9 Å². The van der Waals surface area contributed by atoms with E-state index in [2.05, 4.69) is 58.9 Å². The third-order valence-corrected chi connectivity index (χ3v) is 5.18. The van der Waals surface area contributed by atoms with Gasteiger partial charge >= 0.3 is 0 Å². The molecule has 3 aromatic rings. The van der Waals surface area contributed by atoms with Gasteiger partial charge in [0, 0.05) is 35.1 Å². The van der Waals surface area contributed by atoms with Crippen LogP contribution in [0.3, 0.4) is 0 Å². The molecule has 0 aliphatic carbocycles. The number of rotatable bonds is 4. The van der Waals surface area contributed by atoms with Crippen molar-refractivity contribution in [2.75, 3.05) is 19.7 Å². The van der Waals surface area contributed by atoms with Crippen LogP contribution in [0.25, 0.3) is 16.6 Å². The van der Waals surface area contributed by atoms with Gasteiger partial charge in [-0.25, -0.2) is 0 Å². The van der Waals surface area contributed by atoms with Crippen LogP contribution in [0.5, 0.6) is 5.75 Å². The Morgan fingerprint density at radius 1 is 1.04 bits per heavy atom. The molecule has 0 amide bonds. The Balaban J connectivity index is 0.000000217. The minimum Gasteiger partial charge on any atom is -0.493 e. The van der Waals surface area contributed by atoms with Crippen LogP contribution in [0.2, 0.25) is 0 Å². The van der Waals surface area contributed by atoms with Crippen molar-refractivity contribution in [2.45, 2.75) is 32.2 Å². The molecule has 2 saturated heterocycles. The lowest BCUT2D eigenvalue weighted by atomic mass is 9.91. The highest BCUT2D eigenvalue weighted by atomic mass is 16.5. The molecule has 2 aliphatic heterocycles. The van der Waals surface area contributed by atoms with Crippen LogP contribution in [0, 0.1) is 0 Å². The van der Waals surface area contributed by atoms with E-state index in [4.69, 9.17) is 4.74 Å². The van der Waals surface area contributed by atoms with Crippen molar-refractivity contribution in [1.82, 2.24) is 9.30 Å². The summed E-state index contributed by atoms with van der Waals surface area (Å²) in [6.07, 6.45) is 8.20. The average Bonchev–Trinajstić information content (AvgIpc) is 3.07. The molecule has 2 fully saturated rings. The van der Waals surface area contributed by atoms with E-state index in [0.717, 1.165) is 30.4 Å². The van der Waals surface area contributed by atoms with Crippen LogP contribution >= 0.6 is 0 Å². The number of nitrogens with zero attached hydrogens (tertiary/aromatic N) is 2. The minimum absolute atomic E-state index is 0.754. The Bertz CT molecular complexity index is 788. The van der Waals surface area contributed by atoms with Gasteiger partial charge in [-0.3, -0.25) is 0 Å². The van der Waals surface area contributed by atoms with Crippen molar-refractivity contribution in [2.24, 2.45) is 0 Å². The quantitative estimate of drug-likeness (QED) is 0.678. The SMILES string of the molecule is C1CN2CCC12.CCCOc1ccccc1-c1cc2ccccn2c1. The maximum Gasteiger partial charge on any atom is 0.127 e. The van der Waals surface area contributed by atoms with Gasteiger partial charge in [0.15, 0.2) is 0 Å². The van der Waals surface area contributed by atoms with Gasteiger partial charge in [0.2, 0.25) is 0 Å². The first kappa shape index (κ1) is 16.2. The Morgan fingerprint density at radius 2 is 1.80 bits per heavy atom. The molecule has 0 saturated carbocycles. The van der Waals surface area contributed by atoms with Crippen LogP contribution in [0.1, 0.15) is 26.2 Å². The third-order valence-electron chi connectivity index (χ3n) is 5.18. The summed E-state index contributed by atoms with van der Waals surface area (Å²) >= 11 is 0. The van der Waals surface area contributed by atoms with E-state index in [-0.39, 0.29) is 0 Å². The van der Waals surface area contributed by atoms with E-state index in [0.29, 0.717) is 0 Å². The molecule has 1 aromatic carbocycles. The fourth-order valence-electron chi connectivity index (χ4n) is 3.49. The highest BCUT2D eigenvalue weighted by molar-refractivity contribution is 5.74. The highest BCUT2D eigenvalue weighted by Gasteiger charge is 2.34. The number of hydrogen-bond acceptors (Lipinski definition) is 2. The van der Waals surface area contributed by atoms with E-state index in [1.54, 1.807) is 0 Å². The molecule has 4 heterocycles. The first-order valence-electron chi connectivity index (χ1n) is 9.38. The molecule has 0 N–H and O–H groups in total. The van der Waals surface area contributed by atoms with Gasteiger partial charge in [0.25, 0.3) is 0 Å². The maximum atomic E-state index is 5.83. The van der Waals surface area contributed by atoms with E-state index < -0.39 is 0 Å². The summed E-state index contributed by atoms with van der Waals surface area (Å²) < 4.78 is 7.96. The van der Waals surface area contributed by atoms with Gasteiger partial charge in [0.1, 0.15) is 5.75 Å². The van der Waals surface area contributed by atoms with Crippen molar-refractivity contribution in [3.05, 3.63) is 60.9 Å². The van der Waals surface area contributed by atoms with Crippen LogP contribution in [-0.4, -0.2) is 35.0 Å². The van der Waals surface area contributed by atoms with Gasteiger partial charge in [0.05, 0.1) is 6.61 Å². The fourth-order valence-corrected chi connectivity index (χ4v) is 3.49. The smallest absolute Gasteiger partial charge is 0.127 e. The monoisotopic (exact) mass is 334 g/mol. The number of benzene rings is 1. The summed E-state index contributed by atoms with van der Waals surface area (Å²) in [5, 5.41) is 0. The summed E-state index contributed by atoms with van der Waals surface area (Å²) in [4.78, 5) is 2.53. The molecule has 0 unspecified atom stereocenters. The molecule has 3 nitrogen and oxygen atoms in total. The van der Waals surface area contributed by atoms with Crippen LogP contribution in [0.4, 0.5) is 0 Å². The van der Waals surface area contributed by atoms with E-state index in [1.807, 2.05) is 18.2 Å². The van der Waals surface area contributed by atoms with Crippen molar-refractivity contribution in [3.63, 3.8) is 0 Å². The van der Waals surface area contributed by atoms with Gasteiger partial charge in [-0.15, -0.1) is 0 Å². The fraction of sp³-hybridized carbons (Fsp3) is 0.364. The Morgan fingerprint density at radius 3 is 2.44 bits per heavy atom. The van der Waals surface area contributed by atoms with Crippen molar-refractivity contribution >= 4 is 5.52 Å². The minimum atomic E-state index is 0.754. The molecule has 0 bridgehead atoms. The van der Waals surface area contributed by atoms with Gasteiger partial charge in [-0.05, 0) is 56.6 Å². The molecule has 25 heavy (non-hydrogen) atoms. The zero-order valence-corrected chi connectivity index (χ0v) is 14.9. The number of fused-ring (bicyclic) bond motifs is 2. The number of pyridine rings is 1. The second kappa shape index (κ2) is 7.32. The lowest BCUT2D eigenvalue weighted by Crippen LogP contribution is -2.57. The van der Waals surface area contributed by atoms with Crippen molar-refractivity contribution in [1.29, 1.82) is 0 Å². The first-order valence-corrected chi connectivity index (χ1v) is 9.38. The molecule has 5 rings (SSSR count). The summed E-state index contributed by atoms with van der Waals surface area (Å²) in [5.41, 5.74) is 3.54. The lowest BCUT2D eigenvalue weighted by molar-refractivity contribution is -0.00222. The summed E-state index contributed by atoms with van der Waals surface area (Å²) in [6, 6.07) is 17.7. The lowest BCUT2D eigenvalue weighted by Gasteiger charge is -2.50. The van der Waals surface area contributed by atoms with Crippen molar-refractivity contribution < 1.29 is 4.74 Å². The largest absolute Gasteiger partial charge is 0.493 e. The zero-order chi connectivity index (χ0) is 17.1. The van der Waals surface area contributed by atoms with Crippen LogP contribution in [-0.2, 0) is 0 Å².